The van der Waals surface area contributed by atoms with Gasteiger partial charge < -0.3 is 9.30 Å². The summed E-state index contributed by atoms with van der Waals surface area (Å²) in [6.07, 6.45) is -2.34. The maximum atomic E-state index is 12.9. The van der Waals surface area contributed by atoms with Gasteiger partial charge in [0.25, 0.3) is 11.6 Å². The molecule has 3 heterocycles. The number of hydrogen-bond acceptors (Lipinski definition) is 5. The van der Waals surface area contributed by atoms with E-state index in [9.17, 15) is 18.0 Å². The first-order valence-corrected chi connectivity index (χ1v) is 7.40. The van der Waals surface area contributed by atoms with E-state index >= 15 is 0 Å². The van der Waals surface area contributed by atoms with Gasteiger partial charge in [0.1, 0.15) is 16.9 Å². The number of pyridine rings is 1. The number of imidazole rings is 1. The molecule has 0 radical (unpaired) electrons. The minimum atomic E-state index is -4.57. The van der Waals surface area contributed by atoms with E-state index in [2.05, 4.69) is 19.9 Å². The van der Waals surface area contributed by atoms with Gasteiger partial charge in [-0.3, -0.25) is 14.8 Å². The van der Waals surface area contributed by atoms with E-state index in [1.165, 1.54) is 25.5 Å². The van der Waals surface area contributed by atoms with Crippen molar-refractivity contribution >= 4 is 10.9 Å². The standard InChI is InChI=1S/C15H14F3N5O2/c1-3-10(15(16,17)18)25-14-21-11-8(13(24)22-14)4-5-19-12(11)9-6-23(2)7-20-9/h4-7,10H,3H2,1-2H3,(H,21,22,24). The van der Waals surface area contributed by atoms with Crippen LogP contribution in [-0.4, -0.2) is 36.8 Å². The highest BCUT2D eigenvalue weighted by Gasteiger charge is 2.41. The summed E-state index contributed by atoms with van der Waals surface area (Å²) in [4.78, 5) is 26.8. The van der Waals surface area contributed by atoms with Gasteiger partial charge in [-0.05, 0) is 12.5 Å². The van der Waals surface area contributed by atoms with Crippen LogP contribution in [0.3, 0.4) is 0 Å². The number of aryl methyl sites for hydroxylation is 1. The molecule has 10 heteroatoms. The summed E-state index contributed by atoms with van der Waals surface area (Å²) >= 11 is 0. The second-order valence-corrected chi connectivity index (χ2v) is 5.41. The summed E-state index contributed by atoms with van der Waals surface area (Å²) in [6.45, 7) is 1.33. The van der Waals surface area contributed by atoms with Gasteiger partial charge in [-0.15, -0.1) is 0 Å². The third-order valence-electron chi connectivity index (χ3n) is 3.54. The Morgan fingerprint density at radius 1 is 1.36 bits per heavy atom. The molecule has 0 bridgehead atoms. The molecule has 3 rings (SSSR count). The molecule has 0 aliphatic heterocycles. The number of nitrogens with one attached hydrogen (secondary N) is 1. The molecule has 3 aromatic heterocycles. The first kappa shape index (κ1) is 16.9. The van der Waals surface area contributed by atoms with E-state index < -0.39 is 23.8 Å². The van der Waals surface area contributed by atoms with Crippen molar-refractivity contribution in [3.8, 4) is 17.4 Å². The van der Waals surface area contributed by atoms with Crippen molar-refractivity contribution in [1.82, 2.24) is 24.5 Å². The average molecular weight is 353 g/mol. The summed E-state index contributed by atoms with van der Waals surface area (Å²) in [6, 6.07) is 0.921. The molecular weight excluding hydrogens is 339 g/mol. The van der Waals surface area contributed by atoms with E-state index in [0.717, 1.165) is 0 Å². The van der Waals surface area contributed by atoms with Crippen molar-refractivity contribution in [1.29, 1.82) is 0 Å². The zero-order chi connectivity index (χ0) is 18.2. The number of ether oxygens (including phenoxy) is 1. The number of aromatic nitrogens is 5. The molecule has 0 saturated heterocycles. The molecule has 0 aliphatic rings. The predicted octanol–water partition coefficient (Wildman–Crippen LogP) is 2.44. The fourth-order valence-electron chi connectivity index (χ4n) is 2.34. The van der Waals surface area contributed by atoms with E-state index in [1.54, 1.807) is 17.8 Å². The maximum Gasteiger partial charge on any atom is 0.425 e. The van der Waals surface area contributed by atoms with E-state index in [1.807, 2.05) is 0 Å². The lowest BCUT2D eigenvalue weighted by molar-refractivity contribution is -0.197. The highest BCUT2D eigenvalue weighted by molar-refractivity contribution is 5.89. The Morgan fingerprint density at radius 3 is 2.72 bits per heavy atom. The molecule has 7 nitrogen and oxygen atoms in total. The number of aromatic amines is 1. The van der Waals surface area contributed by atoms with Crippen LogP contribution in [0.15, 0.2) is 29.6 Å². The highest BCUT2D eigenvalue weighted by atomic mass is 19.4. The molecule has 1 atom stereocenters. The Bertz CT molecular complexity index is 964. The Morgan fingerprint density at radius 2 is 2.12 bits per heavy atom. The van der Waals surface area contributed by atoms with Gasteiger partial charge in [0.15, 0.2) is 6.10 Å². The third-order valence-corrected chi connectivity index (χ3v) is 3.54. The first-order valence-electron chi connectivity index (χ1n) is 7.40. The molecule has 1 unspecified atom stereocenters. The predicted molar refractivity (Wildman–Crippen MR) is 83.1 cm³/mol. The van der Waals surface area contributed by atoms with Crippen molar-refractivity contribution in [2.45, 2.75) is 25.6 Å². The second-order valence-electron chi connectivity index (χ2n) is 5.41. The summed E-state index contributed by atoms with van der Waals surface area (Å²) < 4.78 is 45.2. The number of H-pyrrole nitrogens is 1. The molecule has 0 spiro atoms. The molecule has 0 aromatic carbocycles. The van der Waals surface area contributed by atoms with Crippen LogP contribution in [0.4, 0.5) is 13.2 Å². The van der Waals surface area contributed by atoms with Crippen LogP contribution < -0.4 is 10.3 Å². The monoisotopic (exact) mass is 353 g/mol. The second kappa shape index (κ2) is 6.19. The third kappa shape index (κ3) is 3.32. The molecular formula is C15H14F3N5O2. The van der Waals surface area contributed by atoms with Crippen molar-refractivity contribution in [2.75, 3.05) is 0 Å². The highest BCUT2D eigenvalue weighted by Crippen LogP contribution is 2.27. The Kier molecular flexibility index (Phi) is 4.19. The van der Waals surface area contributed by atoms with E-state index in [0.29, 0.717) is 5.69 Å². The molecule has 132 valence electrons. The summed E-state index contributed by atoms with van der Waals surface area (Å²) in [7, 11) is 1.76. The zero-order valence-corrected chi connectivity index (χ0v) is 13.3. The molecule has 0 aliphatic carbocycles. The van der Waals surface area contributed by atoms with Crippen LogP contribution in [0, 0.1) is 0 Å². The van der Waals surface area contributed by atoms with Gasteiger partial charge in [-0.1, -0.05) is 6.92 Å². The molecule has 0 amide bonds. The van der Waals surface area contributed by atoms with Crippen molar-refractivity contribution in [3.05, 3.63) is 35.1 Å². The lowest BCUT2D eigenvalue weighted by Crippen LogP contribution is -2.34. The number of halogens is 3. The van der Waals surface area contributed by atoms with E-state index in [4.69, 9.17) is 4.74 Å². The largest absolute Gasteiger partial charge is 0.452 e. The number of hydrogen-bond donors (Lipinski definition) is 1. The van der Waals surface area contributed by atoms with E-state index in [-0.39, 0.29) is 23.0 Å². The summed E-state index contributed by atoms with van der Waals surface area (Å²) in [5.41, 5.74) is 0.239. The Balaban J connectivity index is 2.13. The number of nitrogens with zero attached hydrogens (tertiary/aromatic N) is 4. The van der Waals surface area contributed by atoms with Gasteiger partial charge >= 0.3 is 6.18 Å². The van der Waals surface area contributed by atoms with Crippen LogP contribution in [0.5, 0.6) is 6.01 Å². The Labute approximate surface area is 139 Å². The van der Waals surface area contributed by atoms with Crippen molar-refractivity contribution in [2.24, 2.45) is 7.05 Å². The van der Waals surface area contributed by atoms with Gasteiger partial charge in [0.2, 0.25) is 0 Å². The minimum Gasteiger partial charge on any atom is -0.452 e. The van der Waals surface area contributed by atoms with Crippen LogP contribution in [-0.2, 0) is 7.05 Å². The van der Waals surface area contributed by atoms with Crippen LogP contribution in [0.1, 0.15) is 13.3 Å². The average Bonchev–Trinajstić information content (AvgIpc) is 2.97. The maximum absolute atomic E-state index is 12.9. The quantitative estimate of drug-likeness (QED) is 0.779. The van der Waals surface area contributed by atoms with Gasteiger partial charge in [0, 0.05) is 19.4 Å². The first-order chi connectivity index (χ1) is 11.8. The lowest BCUT2D eigenvalue weighted by Gasteiger charge is -2.19. The molecule has 1 N–H and O–H groups in total. The summed E-state index contributed by atoms with van der Waals surface area (Å²) in [5, 5.41) is 0.183. The minimum absolute atomic E-state index is 0.122. The summed E-state index contributed by atoms with van der Waals surface area (Å²) in [5.74, 6) is 0. The molecule has 3 aromatic rings. The fraction of sp³-hybridized carbons (Fsp3) is 0.333. The molecule has 0 fully saturated rings. The number of rotatable bonds is 4. The fourth-order valence-corrected chi connectivity index (χ4v) is 2.34. The SMILES string of the molecule is CCC(Oc1nc2c(-c3cn(C)cn3)nccc2c(=O)[nH]1)C(F)(F)F. The topological polar surface area (TPSA) is 85.7 Å². The smallest absolute Gasteiger partial charge is 0.425 e. The number of fused-ring (bicyclic) bond motifs is 1. The zero-order valence-electron chi connectivity index (χ0n) is 13.3. The van der Waals surface area contributed by atoms with Gasteiger partial charge in [0.05, 0.1) is 11.7 Å². The van der Waals surface area contributed by atoms with Crippen LogP contribution >= 0.6 is 0 Å². The normalized spacial score (nSPS) is 13.2. The van der Waals surface area contributed by atoms with Crippen molar-refractivity contribution < 1.29 is 17.9 Å². The Hall–Kier alpha value is -2.91. The van der Waals surface area contributed by atoms with Crippen LogP contribution in [0.2, 0.25) is 0 Å². The number of alkyl halides is 3. The van der Waals surface area contributed by atoms with Gasteiger partial charge in [-0.2, -0.15) is 18.2 Å². The lowest BCUT2D eigenvalue weighted by atomic mass is 10.2. The molecule has 25 heavy (non-hydrogen) atoms. The van der Waals surface area contributed by atoms with Crippen LogP contribution in [0.25, 0.3) is 22.3 Å². The van der Waals surface area contributed by atoms with Gasteiger partial charge in [-0.25, -0.2) is 4.98 Å². The van der Waals surface area contributed by atoms with Crippen molar-refractivity contribution in [3.63, 3.8) is 0 Å². The molecule has 0 saturated carbocycles.